The molecule has 348 valence electrons. The number of pyridine rings is 2. The van der Waals surface area contributed by atoms with Crippen molar-refractivity contribution in [3.8, 4) is 23.0 Å². The van der Waals surface area contributed by atoms with Crippen LogP contribution in [-0.4, -0.2) is 97.1 Å². The van der Waals surface area contributed by atoms with Crippen LogP contribution in [0, 0.1) is 11.8 Å². The Balaban J connectivity index is 0.000000194. The molecule has 0 spiro atoms. The maximum Gasteiger partial charge on any atom is 0.313 e. The normalized spacial score (nSPS) is 21.8. The molecule has 4 aliphatic rings. The van der Waals surface area contributed by atoms with Crippen molar-refractivity contribution in [3.05, 3.63) is 101 Å². The third kappa shape index (κ3) is 14.8. The quantitative estimate of drug-likeness (QED) is 0.0628. The van der Waals surface area contributed by atoms with Crippen molar-refractivity contribution in [2.24, 2.45) is 11.8 Å². The van der Waals surface area contributed by atoms with E-state index in [-0.39, 0.29) is 62.6 Å². The molecular weight excluding hydrogens is 928 g/mol. The standard InChI is InChI=1S/C22H24F2N2O4.C15H21NO3.C9H8BrF2NO.ClH/c1-14(21(27)28)15-2-4-17(5-3-15)30-19-8-9-26(12-19)20-7-6-18(11-25-20)29-13-16-10-22(16,23)24;1-3-18-15(17)11(2)12-4-6-13(7-5-12)19-14-8-9-16-10-14;10-8-2-1-7(4-13-8)14-5-6-3-9(6,11)12;/h2-7,11,14,16,19H,8-10,12-13H2,1H3,(H,27,28);4-7,11,14,16H,3,8-10H2,1-2H3;1-2,4,6H,3,5H2;1H/t14?,16?,19-;11?,14-;;/m11../s1. The molecule has 6 atom stereocenters. The number of carboxylic acid groups (broad SMARTS) is 1. The number of ether oxygens (including phenoxy) is 5. The van der Waals surface area contributed by atoms with Gasteiger partial charge in [-0.2, -0.15) is 0 Å². The number of aromatic nitrogens is 2. The molecule has 4 fully saturated rings. The van der Waals surface area contributed by atoms with E-state index in [0.717, 1.165) is 55.2 Å². The van der Waals surface area contributed by atoms with Crippen LogP contribution in [0.15, 0.2) is 89.8 Å². The van der Waals surface area contributed by atoms with Crippen LogP contribution in [0.2, 0.25) is 0 Å². The Kier molecular flexibility index (Phi) is 17.9. The zero-order valence-corrected chi connectivity index (χ0v) is 38.2. The van der Waals surface area contributed by atoms with Gasteiger partial charge in [0.1, 0.15) is 45.6 Å². The fourth-order valence-electron chi connectivity index (χ4n) is 6.75. The molecule has 2 saturated heterocycles. The number of aliphatic carboxylic acids is 1. The third-order valence-electron chi connectivity index (χ3n) is 11.1. The molecule has 2 aliphatic carbocycles. The zero-order chi connectivity index (χ0) is 45.1. The lowest BCUT2D eigenvalue weighted by Crippen LogP contribution is -2.25. The fourth-order valence-corrected chi connectivity index (χ4v) is 6.98. The number of carbonyl (C=O) groups is 2. The van der Waals surface area contributed by atoms with Crippen LogP contribution in [0.5, 0.6) is 23.0 Å². The van der Waals surface area contributed by atoms with E-state index in [9.17, 15) is 27.2 Å². The Bertz CT molecular complexity index is 2090. The highest BCUT2D eigenvalue weighted by Crippen LogP contribution is 2.49. The first kappa shape index (κ1) is 50.1. The predicted octanol–water partition coefficient (Wildman–Crippen LogP) is 9.36. The van der Waals surface area contributed by atoms with Gasteiger partial charge < -0.3 is 39.0 Å². The number of carbonyl (C=O) groups excluding carboxylic acids is 1. The molecule has 0 amide bonds. The second kappa shape index (κ2) is 22.8. The number of hydrogen-bond acceptors (Lipinski definition) is 11. The number of halogens is 6. The van der Waals surface area contributed by atoms with Gasteiger partial charge in [0.2, 0.25) is 0 Å². The summed E-state index contributed by atoms with van der Waals surface area (Å²) in [5.74, 6) is -4.86. The lowest BCUT2D eigenvalue weighted by molar-refractivity contribution is -0.144. The van der Waals surface area contributed by atoms with E-state index >= 15 is 0 Å². The minimum Gasteiger partial charge on any atom is -0.491 e. The van der Waals surface area contributed by atoms with Gasteiger partial charge in [-0.15, -0.1) is 12.4 Å². The summed E-state index contributed by atoms with van der Waals surface area (Å²) in [6.07, 6.45) is 5.05. The smallest absolute Gasteiger partial charge is 0.313 e. The van der Waals surface area contributed by atoms with Crippen molar-refractivity contribution < 1.29 is 55.9 Å². The van der Waals surface area contributed by atoms with E-state index in [1.165, 1.54) is 6.20 Å². The number of anilines is 1. The van der Waals surface area contributed by atoms with Crippen LogP contribution < -0.4 is 29.2 Å². The van der Waals surface area contributed by atoms with Gasteiger partial charge in [0.05, 0.1) is 62.4 Å². The fraction of sp³-hybridized carbons (Fsp3) is 0.478. The van der Waals surface area contributed by atoms with Crippen molar-refractivity contribution >= 4 is 46.1 Å². The number of carboxylic acids is 1. The lowest BCUT2D eigenvalue weighted by atomic mass is 10.0. The summed E-state index contributed by atoms with van der Waals surface area (Å²) < 4.78 is 78.9. The van der Waals surface area contributed by atoms with Crippen molar-refractivity contribution in [1.82, 2.24) is 15.3 Å². The van der Waals surface area contributed by atoms with Gasteiger partial charge in [-0.1, -0.05) is 24.3 Å². The van der Waals surface area contributed by atoms with Crippen molar-refractivity contribution in [2.45, 2.75) is 82.3 Å². The molecule has 64 heavy (non-hydrogen) atoms. The molecule has 4 unspecified atom stereocenters. The monoisotopic (exact) mass is 980 g/mol. The predicted molar refractivity (Wildman–Crippen MR) is 238 cm³/mol. The van der Waals surface area contributed by atoms with E-state index in [0.29, 0.717) is 35.0 Å². The largest absolute Gasteiger partial charge is 0.491 e. The summed E-state index contributed by atoms with van der Waals surface area (Å²) in [4.78, 5) is 33.1. The molecule has 4 heterocycles. The van der Waals surface area contributed by atoms with E-state index in [1.54, 1.807) is 55.6 Å². The summed E-state index contributed by atoms with van der Waals surface area (Å²) in [6, 6.07) is 21.8. The number of rotatable bonds is 16. The first-order chi connectivity index (χ1) is 30.1. The summed E-state index contributed by atoms with van der Waals surface area (Å²) in [6.45, 7) is 9.20. The van der Waals surface area contributed by atoms with Crippen LogP contribution in [0.1, 0.15) is 69.4 Å². The van der Waals surface area contributed by atoms with E-state index in [4.69, 9.17) is 28.8 Å². The van der Waals surface area contributed by atoms with Gasteiger partial charge >= 0.3 is 11.9 Å². The molecule has 12 nitrogen and oxygen atoms in total. The second-order valence-electron chi connectivity index (χ2n) is 16.0. The summed E-state index contributed by atoms with van der Waals surface area (Å²) in [5.41, 5.74) is 1.69. The van der Waals surface area contributed by atoms with E-state index in [1.807, 2.05) is 44.2 Å². The number of esters is 1. The van der Waals surface area contributed by atoms with Gasteiger partial charge in [0, 0.05) is 32.4 Å². The molecule has 2 aliphatic heterocycles. The summed E-state index contributed by atoms with van der Waals surface area (Å²) in [5, 5.41) is 12.4. The highest BCUT2D eigenvalue weighted by molar-refractivity contribution is 9.10. The van der Waals surface area contributed by atoms with Gasteiger partial charge in [-0.3, -0.25) is 9.59 Å². The van der Waals surface area contributed by atoms with Gasteiger partial charge in [-0.05, 0) is 109 Å². The molecule has 8 rings (SSSR count). The Labute approximate surface area is 384 Å². The molecule has 2 saturated carbocycles. The number of hydrogen-bond donors (Lipinski definition) is 2. The third-order valence-corrected chi connectivity index (χ3v) is 11.6. The van der Waals surface area contributed by atoms with Gasteiger partial charge in [0.15, 0.2) is 0 Å². The zero-order valence-electron chi connectivity index (χ0n) is 35.8. The first-order valence-corrected chi connectivity index (χ1v) is 21.9. The average molecular weight is 982 g/mol. The number of alkyl halides is 4. The first-order valence-electron chi connectivity index (χ1n) is 21.1. The Morgan fingerprint density at radius 1 is 0.781 bits per heavy atom. The summed E-state index contributed by atoms with van der Waals surface area (Å²) >= 11 is 3.17. The van der Waals surface area contributed by atoms with Crippen molar-refractivity contribution in [2.75, 3.05) is 50.9 Å². The van der Waals surface area contributed by atoms with Gasteiger partial charge in [0.25, 0.3) is 11.8 Å². The van der Waals surface area contributed by atoms with Crippen LogP contribution in [-0.2, 0) is 14.3 Å². The highest BCUT2D eigenvalue weighted by atomic mass is 79.9. The van der Waals surface area contributed by atoms with Gasteiger partial charge in [-0.25, -0.2) is 27.5 Å². The molecule has 2 N–H and O–H groups in total. The molecule has 18 heteroatoms. The minimum atomic E-state index is -2.58. The molecule has 2 aromatic carbocycles. The second-order valence-corrected chi connectivity index (χ2v) is 16.8. The van der Waals surface area contributed by atoms with Crippen LogP contribution in [0.4, 0.5) is 23.4 Å². The Hall–Kier alpha value is -4.87. The van der Waals surface area contributed by atoms with Crippen molar-refractivity contribution in [1.29, 1.82) is 0 Å². The van der Waals surface area contributed by atoms with Crippen LogP contribution >= 0.6 is 28.3 Å². The molecule has 0 bridgehead atoms. The van der Waals surface area contributed by atoms with E-state index in [2.05, 4.69) is 36.1 Å². The van der Waals surface area contributed by atoms with Crippen LogP contribution in [0.3, 0.4) is 0 Å². The molecule has 4 aromatic rings. The maximum absolute atomic E-state index is 12.9. The van der Waals surface area contributed by atoms with Crippen molar-refractivity contribution in [3.63, 3.8) is 0 Å². The molecule has 2 aromatic heterocycles. The molecular formula is C46H54BrClF4N4O8. The van der Waals surface area contributed by atoms with Crippen LogP contribution in [0.25, 0.3) is 0 Å². The topological polar surface area (TPSA) is 142 Å². The number of benzene rings is 2. The average Bonchev–Trinajstić information content (AvgIpc) is 3.78. The maximum atomic E-state index is 12.9. The lowest BCUT2D eigenvalue weighted by Gasteiger charge is -2.18. The van der Waals surface area contributed by atoms with E-state index < -0.39 is 35.6 Å². The minimum absolute atomic E-state index is 0. The Morgan fingerprint density at radius 2 is 1.30 bits per heavy atom. The SMILES string of the molecule is CC(C(=O)O)c1ccc(O[C@@H]2CCN(c3ccc(OCC4CC4(F)F)cn3)C2)cc1.CCOC(=O)C(C)c1ccc(O[C@@H]2CCNC2)cc1.Cl.FC1(F)CC1COc1ccc(Br)nc1. The highest BCUT2D eigenvalue weighted by Gasteiger charge is 2.57. The molecule has 0 radical (unpaired) electrons. The summed E-state index contributed by atoms with van der Waals surface area (Å²) in [7, 11) is 0. The number of nitrogens with one attached hydrogen (secondary N) is 1. The number of nitrogens with zero attached hydrogens (tertiary/aromatic N) is 3. The Morgan fingerprint density at radius 3 is 1.75 bits per heavy atom.